The van der Waals surface area contributed by atoms with Crippen LogP contribution in [0, 0.1) is 5.82 Å². The number of nitrogens with one attached hydrogen (secondary N) is 1. The molecule has 2 N–H and O–H groups in total. The molecule has 188 valence electrons. The maximum atomic E-state index is 13.9. The number of aromatic amines is 1. The van der Waals surface area contributed by atoms with E-state index in [-0.39, 0.29) is 18.3 Å². The lowest BCUT2D eigenvalue weighted by molar-refractivity contribution is 0.232. The van der Waals surface area contributed by atoms with Gasteiger partial charge in [0.15, 0.2) is 0 Å². The molecule has 0 spiro atoms. The monoisotopic (exact) mass is 562 g/mol. The molecule has 37 heavy (non-hydrogen) atoms. The van der Waals surface area contributed by atoms with E-state index in [4.69, 9.17) is 4.74 Å². The maximum Gasteiger partial charge on any atom is 0.251 e. The molecule has 0 saturated carbocycles. The van der Waals surface area contributed by atoms with E-state index in [1.54, 1.807) is 24.5 Å². The van der Waals surface area contributed by atoms with Crippen LogP contribution in [0.3, 0.4) is 0 Å². The highest BCUT2D eigenvalue weighted by Gasteiger charge is 2.17. The van der Waals surface area contributed by atoms with Crippen molar-refractivity contribution < 1.29 is 14.2 Å². The Morgan fingerprint density at radius 2 is 1.84 bits per heavy atom. The number of aliphatic hydroxyl groups is 1. The predicted molar refractivity (Wildman–Crippen MR) is 144 cm³/mol. The quantitative estimate of drug-likeness (QED) is 0.264. The number of halogens is 2. The number of hydrogen-bond donors (Lipinski definition) is 2. The van der Waals surface area contributed by atoms with E-state index >= 15 is 0 Å². The Balaban J connectivity index is 1.49. The summed E-state index contributed by atoms with van der Waals surface area (Å²) in [6.07, 6.45) is 3.38. The van der Waals surface area contributed by atoms with Gasteiger partial charge in [-0.3, -0.25) is 9.89 Å². The van der Waals surface area contributed by atoms with Crippen LogP contribution in [0.25, 0.3) is 33.3 Å². The van der Waals surface area contributed by atoms with Gasteiger partial charge in [0.05, 0.1) is 24.3 Å². The second kappa shape index (κ2) is 10.3. The largest absolute Gasteiger partial charge is 0.475 e. The van der Waals surface area contributed by atoms with Crippen LogP contribution in [0.2, 0.25) is 0 Å². The van der Waals surface area contributed by atoms with Gasteiger partial charge >= 0.3 is 0 Å². The number of aromatic nitrogens is 4. The van der Waals surface area contributed by atoms with Gasteiger partial charge in [-0.1, -0.05) is 22.0 Å². The summed E-state index contributed by atoms with van der Waals surface area (Å²) < 4.78 is 21.5. The third-order valence-corrected chi connectivity index (χ3v) is 6.45. The third kappa shape index (κ3) is 5.19. The molecule has 3 heterocycles. The van der Waals surface area contributed by atoms with E-state index in [1.165, 1.54) is 22.8 Å². The molecule has 2 aromatic carbocycles. The first-order chi connectivity index (χ1) is 17.8. The minimum absolute atomic E-state index is 0.0333. The number of fused-ring (bicyclic) bond motifs is 1. The summed E-state index contributed by atoms with van der Waals surface area (Å²) in [6.45, 7) is 3.54. The van der Waals surface area contributed by atoms with Crippen molar-refractivity contribution >= 4 is 26.8 Å². The van der Waals surface area contributed by atoms with Crippen LogP contribution >= 0.6 is 15.9 Å². The highest BCUT2D eigenvalue weighted by atomic mass is 79.9. The standard InChI is InChI=1S/C28H24BrFN4O3/c1-16(2)37-26-6-4-19(14-31-26)28-23-11-17(3-5-24(23)32-33-28)18-7-8-34(27(36)12-18)25(15-35)20-9-21(29)13-22(30)10-20/h3-14,16,25,35H,15H2,1-2H3,(H,32,33)/t25-/m1/s1. The van der Waals surface area contributed by atoms with Crippen molar-refractivity contribution in [3.63, 3.8) is 0 Å². The Morgan fingerprint density at radius 3 is 2.51 bits per heavy atom. The number of rotatable bonds is 7. The van der Waals surface area contributed by atoms with E-state index in [1.807, 2.05) is 44.2 Å². The van der Waals surface area contributed by atoms with Crippen LogP contribution in [0.4, 0.5) is 4.39 Å². The third-order valence-electron chi connectivity index (χ3n) is 5.99. The molecule has 5 aromatic rings. The fourth-order valence-corrected chi connectivity index (χ4v) is 4.78. The molecule has 5 rings (SSSR count). The number of H-pyrrole nitrogens is 1. The smallest absolute Gasteiger partial charge is 0.251 e. The van der Waals surface area contributed by atoms with E-state index in [0.717, 1.165) is 27.7 Å². The average molecular weight is 563 g/mol. The van der Waals surface area contributed by atoms with Gasteiger partial charge in [0.25, 0.3) is 5.56 Å². The second-order valence-electron chi connectivity index (χ2n) is 8.95. The van der Waals surface area contributed by atoms with Gasteiger partial charge in [0.2, 0.25) is 5.88 Å². The zero-order valence-corrected chi connectivity index (χ0v) is 21.7. The van der Waals surface area contributed by atoms with Crippen LogP contribution in [0.15, 0.2) is 82.3 Å². The molecule has 7 nitrogen and oxygen atoms in total. The van der Waals surface area contributed by atoms with Gasteiger partial charge < -0.3 is 14.4 Å². The fraction of sp³-hybridized carbons (Fsp3) is 0.179. The molecule has 9 heteroatoms. The van der Waals surface area contributed by atoms with E-state index in [2.05, 4.69) is 31.1 Å². The number of benzene rings is 2. The highest BCUT2D eigenvalue weighted by molar-refractivity contribution is 9.10. The van der Waals surface area contributed by atoms with Crippen molar-refractivity contribution in [2.24, 2.45) is 0 Å². The van der Waals surface area contributed by atoms with Gasteiger partial charge in [0, 0.05) is 39.9 Å². The van der Waals surface area contributed by atoms with Crippen molar-refractivity contribution in [2.45, 2.75) is 26.0 Å². The lowest BCUT2D eigenvalue weighted by atomic mass is 10.0. The van der Waals surface area contributed by atoms with Crippen LogP contribution in [0.5, 0.6) is 5.88 Å². The number of pyridine rings is 2. The van der Waals surface area contributed by atoms with Gasteiger partial charge in [-0.15, -0.1) is 0 Å². The summed E-state index contributed by atoms with van der Waals surface area (Å²) in [5, 5.41) is 18.4. The summed E-state index contributed by atoms with van der Waals surface area (Å²) in [5.74, 6) is 0.0978. The van der Waals surface area contributed by atoms with Gasteiger partial charge in [-0.05, 0) is 73.0 Å². The molecular weight excluding hydrogens is 539 g/mol. The Morgan fingerprint density at radius 1 is 1.05 bits per heavy atom. The summed E-state index contributed by atoms with van der Waals surface area (Å²) >= 11 is 3.27. The number of hydrogen-bond acceptors (Lipinski definition) is 5. The maximum absolute atomic E-state index is 13.9. The van der Waals surface area contributed by atoms with Crippen molar-refractivity contribution in [1.82, 2.24) is 19.7 Å². The summed E-state index contributed by atoms with van der Waals surface area (Å²) in [5.41, 5.74) is 4.16. The molecule has 0 aliphatic heterocycles. The molecule has 0 bridgehead atoms. The molecular formula is C28H24BrFN4O3. The number of nitrogens with zero attached hydrogens (tertiary/aromatic N) is 3. The Labute approximate surface area is 220 Å². The zero-order valence-electron chi connectivity index (χ0n) is 20.2. The summed E-state index contributed by atoms with van der Waals surface area (Å²) in [4.78, 5) is 17.5. The van der Waals surface area contributed by atoms with Crippen LogP contribution in [-0.2, 0) is 0 Å². The van der Waals surface area contributed by atoms with Gasteiger partial charge in [0.1, 0.15) is 11.5 Å². The molecule has 0 radical (unpaired) electrons. The normalized spacial score (nSPS) is 12.3. The molecule has 0 aliphatic rings. The minimum atomic E-state index is -0.716. The van der Waals surface area contributed by atoms with Crippen molar-refractivity contribution in [3.05, 3.63) is 99.3 Å². The molecule has 0 amide bonds. The van der Waals surface area contributed by atoms with Gasteiger partial charge in [-0.2, -0.15) is 5.10 Å². The van der Waals surface area contributed by atoms with E-state index < -0.39 is 11.9 Å². The Hall–Kier alpha value is -3.82. The highest BCUT2D eigenvalue weighted by Crippen LogP contribution is 2.31. The molecule has 0 unspecified atom stereocenters. The Bertz CT molecular complexity index is 1610. The first kappa shape index (κ1) is 24.9. The average Bonchev–Trinajstić information content (AvgIpc) is 3.28. The molecule has 0 saturated heterocycles. The van der Waals surface area contributed by atoms with Crippen LogP contribution in [-0.4, -0.2) is 37.6 Å². The lowest BCUT2D eigenvalue weighted by Crippen LogP contribution is -2.27. The predicted octanol–water partition coefficient (Wildman–Crippen LogP) is 5.72. The first-order valence-electron chi connectivity index (χ1n) is 11.7. The molecule has 0 fully saturated rings. The van der Waals surface area contributed by atoms with Gasteiger partial charge in [-0.25, -0.2) is 9.37 Å². The van der Waals surface area contributed by atoms with E-state index in [9.17, 15) is 14.3 Å². The van der Waals surface area contributed by atoms with Crippen molar-refractivity contribution in [1.29, 1.82) is 0 Å². The molecule has 0 aliphatic carbocycles. The summed E-state index contributed by atoms with van der Waals surface area (Å²) in [6, 6.07) is 16.5. The summed E-state index contributed by atoms with van der Waals surface area (Å²) in [7, 11) is 0. The zero-order chi connectivity index (χ0) is 26.1. The second-order valence-corrected chi connectivity index (χ2v) is 9.86. The van der Waals surface area contributed by atoms with Crippen molar-refractivity contribution in [2.75, 3.05) is 6.61 Å². The topological polar surface area (TPSA) is 93.0 Å². The van der Waals surface area contributed by atoms with E-state index in [0.29, 0.717) is 21.5 Å². The van der Waals surface area contributed by atoms with Crippen molar-refractivity contribution in [3.8, 4) is 28.3 Å². The van der Waals surface area contributed by atoms with Crippen LogP contribution in [0.1, 0.15) is 25.5 Å². The number of ether oxygens (including phenoxy) is 1. The fourth-order valence-electron chi connectivity index (χ4n) is 4.29. The Kier molecular flexibility index (Phi) is 6.90. The lowest BCUT2D eigenvalue weighted by Gasteiger charge is -2.19. The SMILES string of the molecule is CC(C)Oc1ccc(-c2n[nH]c3ccc(-c4ccn([C@H](CO)c5cc(F)cc(Br)c5)c(=O)c4)cc23)cn1. The minimum Gasteiger partial charge on any atom is -0.475 e. The first-order valence-corrected chi connectivity index (χ1v) is 12.5. The number of aliphatic hydroxyl groups excluding tert-OH is 1. The van der Waals surface area contributed by atoms with Crippen LogP contribution < -0.4 is 10.3 Å². The molecule has 1 atom stereocenters. The molecule has 3 aromatic heterocycles.